The third kappa shape index (κ3) is 4.69. The third-order valence-electron chi connectivity index (χ3n) is 2.59. The normalized spacial score (nSPS) is 24.2. The summed E-state index contributed by atoms with van der Waals surface area (Å²) in [7, 11) is 0. The van der Waals surface area contributed by atoms with E-state index in [1.807, 2.05) is 0 Å². The highest BCUT2D eigenvalue weighted by Gasteiger charge is 2.20. The number of ether oxygens (including phenoxy) is 1. The van der Waals surface area contributed by atoms with Crippen LogP contribution < -0.4 is 5.73 Å². The molecule has 0 aromatic carbocycles. The van der Waals surface area contributed by atoms with Crippen LogP contribution >= 0.6 is 11.8 Å². The van der Waals surface area contributed by atoms with Gasteiger partial charge in [0.25, 0.3) is 0 Å². The van der Waals surface area contributed by atoms with Crippen molar-refractivity contribution in [2.75, 3.05) is 37.7 Å². The Labute approximate surface area is 100 Å². The number of likely N-dealkylation sites (N-methyl/N-ethyl adjacent to an activating group) is 1. The second kappa shape index (κ2) is 7.11. The number of hydrogen-bond donors (Lipinski definition) is 2. The van der Waals surface area contributed by atoms with Crippen LogP contribution in [0.25, 0.3) is 0 Å². The highest BCUT2D eigenvalue weighted by molar-refractivity contribution is 7.99. The minimum absolute atomic E-state index is 0.208. The number of morpholine rings is 1. The summed E-state index contributed by atoms with van der Waals surface area (Å²) in [6.45, 7) is 5.87. The molecule has 1 heterocycles. The zero-order valence-electron chi connectivity index (χ0n) is 9.59. The van der Waals surface area contributed by atoms with Crippen molar-refractivity contribution in [2.45, 2.75) is 19.1 Å². The predicted octanol–water partition coefficient (Wildman–Crippen LogP) is -0.148. The molecule has 1 fully saturated rings. The van der Waals surface area contributed by atoms with E-state index in [9.17, 15) is 4.79 Å². The SMILES string of the molecule is CCN1CCOC(CSCC(N)C(=O)O)C1. The molecular weight excluding hydrogens is 228 g/mol. The number of thioether (sulfide) groups is 1. The van der Waals surface area contributed by atoms with Gasteiger partial charge in [-0.05, 0) is 6.54 Å². The molecule has 16 heavy (non-hydrogen) atoms. The number of nitrogens with two attached hydrogens (primary N) is 1. The Bertz CT molecular complexity index is 228. The average molecular weight is 248 g/mol. The Morgan fingerprint density at radius 3 is 3.12 bits per heavy atom. The number of rotatable bonds is 6. The van der Waals surface area contributed by atoms with Gasteiger partial charge < -0.3 is 15.6 Å². The summed E-state index contributed by atoms with van der Waals surface area (Å²) in [5.41, 5.74) is 5.41. The lowest BCUT2D eigenvalue weighted by Crippen LogP contribution is -2.43. The van der Waals surface area contributed by atoms with Gasteiger partial charge in [-0.3, -0.25) is 9.69 Å². The summed E-state index contributed by atoms with van der Waals surface area (Å²) in [5.74, 6) is 0.325. The summed E-state index contributed by atoms with van der Waals surface area (Å²) in [6.07, 6.45) is 0.208. The topological polar surface area (TPSA) is 75.8 Å². The molecule has 0 amide bonds. The summed E-state index contributed by atoms with van der Waals surface area (Å²) >= 11 is 1.55. The number of carboxylic acids is 1. The quantitative estimate of drug-likeness (QED) is 0.681. The molecule has 0 aromatic rings. The minimum Gasteiger partial charge on any atom is -0.480 e. The van der Waals surface area contributed by atoms with E-state index in [2.05, 4.69) is 11.8 Å². The van der Waals surface area contributed by atoms with Crippen LogP contribution in [0.1, 0.15) is 6.92 Å². The van der Waals surface area contributed by atoms with Crippen molar-refractivity contribution in [3.8, 4) is 0 Å². The maximum atomic E-state index is 10.5. The van der Waals surface area contributed by atoms with Crippen LogP contribution in [0.3, 0.4) is 0 Å². The number of nitrogens with zero attached hydrogens (tertiary/aromatic N) is 1. The zero-order chi connectivity index (χ0) is 12.0. The second-order valence-electron chi connectivity index (χ2n) is 3.87. The molecule has 0 aromatic heterocycles. The van der Waals surface area contributed by atoms with Crippen LogP contribution in [-0.4, -0.2) is 65.9 Å². The number of hydrogen-bond acceptors (Lipinski definition) is 5. The van der Waals surface area contributed by atoms with Crippen molar-refractivity contribution < 1.29 is 14.6 Å². The van der Waals surface area contributed by atoms with E-state index in [1.54, 1.807) is 11.8 Å². The molecule has 0 saturated carbocycles. The number of aliphatic carboxylic acids is 1. The molecule has 2 atom stereocenters. The predicted molar refractivity (Wildman–Crippen MR) is 64.8 cm³/mol. The summed E-state index contributed by atoms with van der Waals surface area (Å²) < 4.78 is 5.60. The fourth-order valence-corrected chi connectivity index (χ4v) is 2.56. The maximum Gasteiger partial charge on any atom is 0.321 e. The molecule has 1 saturated heterocycles. The van der Waals surface area contributed by atoms with Gasteiger partial charge in [-0.25, -0.2) is 0 Å². The fraction of sp³-hybridized carbons (Fsp3) is 0.900. The minimum atomic E-state index is -0.938. The molecule has 6 heteroatoms. The first-order chi connectivity index (χ1) is 7.63. The number of carbonyl (C=O) groups is 1. The van der Waals surface area contributed by atoms with Gasteiger partial charge in [-0.15, -0.1) is 0 Å². The van der Waals surface area contributed by atoms with Gasteiger partial charge in [0.1, 0.15) is 6.04 Å². The Morgan fingerprint density at radius 2 is 2.50 bits per heavy atom. The Kier molecular flexibility index (Phi) is 6.12. The monoisotopic (exact) mass is 248 g/mol. The van der Waals surface area contributed by atoms with E-state index in [-0.39, 0.29) is 6.10 Å². The van der Waals surface area contributed by atoms with Crippen LogP contribution in [0.4, 0.5) is 0 Å². The van der Waals surface area contributed by atoms with E-state index in [0.29, 0.717) is 5.75 Å². The van der Waals surface area contributed by atoms with Crippen LogP contribution in [0, 0.1) is 0 Å². The van der Waals surface area contributed by atoms with Crippen LogP contribution in [-0.2, 0) is 9.53 Å². The summed E-state index contributed by atoms with van der Waals surface area (Å²) in [6, 6.07) is -0.768. The molecule has 3 N–H and O–H groups in total. The van der Waals surface area contributed by atoms with E-state index >= 15 is 0 Å². The molecule has 94 valence electrons. The highest BCUT2D eigenvalue weighted by atomic mass is 32.2. The van der Waals surface area contributed by atoms with E-state index in [1.165, 1.54) is 0 Å². The number of carboxylic acid groups (broad SMARTS) is 1. The van der Waals surface area contributed by atoms with E-state index in [0.717, 1.165) is 32.0 Å². The van der Waals surface area contributed by atoms with Crippen molar-refractivity contribution in [3.63, 3.8) is 0 Å². The molecule has 0 aliphatic carbocycles. The van der Waals surface area contributed by atoms with Crippen LogP contribution in [0.2, 0.25) is 0 Å². The maximum absolute atomic E-state index is 10.5. The first-order valence-electron chi connectivity index (χ1n) is 5.53. The van der Waals surface area contributed by atoms with Gasteiger partial charge in [0.05, 0.1) is 12.7 Å². The van der Waals surface area contributed by atoms with Crippen LogP contribution in [0.5, 0.6) is 0 Å². The van der Waals surface area contributed by atoms with Crippen molar-refractivity contribution in [1.82, 2.24) is 4.90 Å². The van der Waals surface area contributed by atoms with Crippen LogP contribution in [0.15, 0.2) is 0 Å². The lowest BCUT2D eigenvalue weighted by Gasteiger charge is -2.31. The fourth-order valence-electron chi connectivity index (χ4n) is 1.57. The Morgan fingerprint density at radius 1 is 1.75 bits per heavy atom. The largest absolute Gasteiger partial charge is 0.480 e. The molecule has 0 spiro atoms. The Balaban J connectivity index is 2.15. The van der Waals surface area contributed by atoms with E-state index in [4.69, 9.17) is 15.6 Å². The Hall–Kier alpha value is -0.300. The first kappa shape index (κ1) is 13.8. The van der Waals surface area contributed by atoms with Crippen molar-refractivity contribution in [1.29, 1.82) is 0 Å². The summed E-state index contributed by atoms with van der Waals surface area (Å²) in [5, 5.41) is 8.62. The molecular formula is C10H20N2O3S. The molecule has 1 rings (SSSR count). The molecule has 1 aliphatic rings. The van der Waals surface area contributed by atoms with Crippen molar-refractivity contribution >= 4 is 17.7 Å². The standard InChI is InChI=1S/C10H20N2O3S/c1-2-12-3-4-15-8(5-12)6-16-7-9(11)10(13)14/h8-9H,2-7,11H2,1H3,(H,13,14). The van der Waals surface area contributed by atoms with Gasteiger partial charge in [0.15, 0.2) is 0 Å². The lowest BCUT2D eigenvalue weighted by atomic mass is 10.3. The van der Waals surface area contributed by atoms with Crippen molar-refractivity contribution in [2.24, 2.45) is 5.73 Å². The second-order valence-corrected chi connectivity index (χ2v) is 4.94. The summed E-state index contributed by atoms with van der Waals surface area (Å²) in [4.78, 5) is 12.8. The zero-order valence-corrected chi connectivity index (χ0v) is 10.4. The molecule has 0 bridgehead atoms. The van der Waals surface area contributed by atoms with Gasteiger partial charge in [0, 0.05) is 24.6 Å². The molecule has 0 radical (unpaired) electrons. The average Bonchev–Trinajstić information content (AvgIpc) is 2.29. The third-order valence-corrected chi connectivity index (χ3v) is 3.79. The molecule has 2 unspecified atom stereocenters. The van der Waals surface area contributed by atoms with Gasteiger partial charge in [0.2, 0.25) is 0 Å². The van der Waals surface area contributed by atoms with Gasteiger partial charge >= 0.3 is 5.97 Å². The molecule has 5 nitrogen and oxygen atoms in total. The first-order valence-corrected chi connectivity index (χ1v) is 6.69. The van der Waals surface area contributed by atoms with E-state index < -0.39 is 12.0 Å². The molecule has 1 aliphatic heterocycles. The highest BCUT2D eigenvalue weighted by Crippen LogP contribution is 2.12. The van der Waals surface area contributed by atoms with Gasteiger partial charge in [-0.2, -0.15) is 11.8 Å². The lowest BCUT2D eigenvalue weighted by molar-refractivity contribution is -0.137. The van der Waals surface area contributed by atoms with Gasteiger partial charge in [-0.1, -0.05) is 6.92 Å². The van der Waals surface area contributed by atoms with Crippen molar-refractivity contribution in [3.05, 3.63) is 0 Å². The smallest absolute Gasteiger partial charge is 0.321 e.